The number of furan rings is 1. The molecule has 0 amide bonds. The van der Waals surface area contributed by atoms with Gasteiger partial charge in [-0.1, -0.05) is 161 Å². The Labute approximate surface area is 328 Å². The van der Waals surface area contributed by atoms with Crippen molar-refractivity contribution in [2.24, 2.45) is 0 Å². The van der Waals surface area contributed by atoms with E-state index in [1.165, 1.54) is 55.6 Å². The summed E-state index contributed by atoms with van der Waals surface area (Å²) >= 11 is 0. The Bertz CT molecular complexity index is 2930. The summed E-state index contributed by atoms with van der Waals surface area (Å²) in [6, 6.07) is 64.5. The van der Waals surface area contributed by atoms with E-state index < -0.39 is 0 Å². The number of hydrogen-bond acceptors (Lipinski definition) is 2. The quantitative estimate of drug-likeness (QED) is 0.176. The molecule has 0 spiro atoms. The highest BCUT2D eigenvalue weighted by molar-refractivity contribution is 6.18. The van der Waals surface area contributed by atoms with E-state index in [1.807, 2.05) is 0 Å². The fourth-order valence-electron chi connectivity index (χ4n) is 9.94. The molecule has 0 N–H and O–H groups in total. The monoisotopic (exact) mass is 719 g/mol. The standard InChI is InChI=1S/C54H41NO/c1-53(2)44-23-11-8-18-38(44)40-30-28-35(32-46(40)53)55(36-29-31-41-39-19-9-12-24-45(39)54(3,4)47(41)33-36)48-25-13-10-20-42(48)43-22-15-27-50-52(43)51-37(21-14-26-49(51)56-50)34-16-6-5-7-17-34/h5-33H,1-4H3. The molecule has 0 atom stereocenters. The number of rotatable bonds is 5. The van der Waals surface area contributed by atoms with Gasteiger partial charge in [0.1, 0.15) is 11.2 Å². The van der Waals surface area contributed by atoms with Crippen LogP contribution in [0.4, 0.5) is 17.1 Å². The van der Waals surface area contributed by atoms with E-state index in [4.69, 9.17) is 4.42 Å². The molecule has 0 fully saturated rings. The molecule has 1 heterocycles. The fraction of sp³-hybridized carbons (Fsp3) is 0.111. The van der Waals surface area contributed by atoms with E-state index in [9.17, 15) is 0 Å². The molecule has 1 aromatic heterocycles. The highest BCUT2D eigenvalue weighted by Crippen LogP contribution is 2.54. The Morgan fingerprint density at radius 3 is 1.39 bits per heavy atom. The van der Waals surface area contributed by atoms with Crippen LogP contribution in [0.25, 0.3) is 66.4 Å². The van der Waals surface area contributed by atoms with Crippen molar-refractivity contribution >= 4 is 39.0 Å². The smallest absolute Gasteiger partial charge is 0.136 e. The third-order valence-electron chi connectivity index (χ3n) is 12.7. The number of para-hydroxylation sites is 1. The van der Waals surface area contributed by atoms with Crippen molar-refractivity contribution in [2.45, 2.75) is 38.5 Å². The molecule has 11 rings (SSSR count). The van der Waals surface area contributed by atoms with Gasteiger partial charge in [-0.15, -0.1) is 0 Å². The summed E-state index contributed by atoms with van der Waals surface area (Å²) in [4.78, 5) is 2.49. The summed E-state index contributed by atoms with van der Waals surface area (Å²) in [6.45, 7) is 9.46. The first-order valence-corrected chi connectivity index (χ1v) is 19.7. The molecule has 56 heavy (non-hydrogen) atoms. The predicted octanol–water partition coefficient (Wildman–Crippen LogP) is 15.0. The summed E-state index contributed by atoms with van der Waals surface area (Å²) in [5.41, 5.74) is 20.3. The lowest BCUT2D eigenvalue weighted by molar-refractivity contribution is 0.660. The minimum absolute atomic E-state index is 0.135. The van der Waals surface area contributed by atoms with Crippen LogP contribution in [0.5, 0.6) is 0 Å². The topological polar surface area (TPSA) is 16.4 Å². The van der Waals surface area contributed by atoms with Gasteiger partial charge >= 0.3 is 0 Å². The Kier molecular flexibility index (Phi) is 6.98. The Morgan fingerprint density at radius 1 is 0.357 bits per heavy atom. The molecule has 0 bridgehead atoms. The van der Waals surface area contributed by atoms with Crippen molar-refractivity contribution in [2.75, 3.05) is 4.90 Å². The summed E-state index contributed by atoms with van der Waals surface area (Å²) in [6.07, 6.45) is 0. The third-order valence-corrected chi connectivity index (χ3v) is 12.7. The van der Waals surface area contributed by atoms with E-state index >= 15 is 0 Å². The molecular weight excluding hydrogens is 679 g/mol. The van der Waals surface area contributed by atoms with E-state index in [0.29, 0.717) is 0 Å². The van der Waals surface area contributed by atoms with Crippen molar-refractivity contribution in [1.29, 1.82) is 0 Å². The van der Waals surface area contributed by atoms with E-state index in [1.54, 1.807) is 0 Å². The van der Waals surface area contributed by atoms with Gasteiger partial charge in [-0.2, -0.15) is 0 Å². The Morgan fingerprint density at radius 2 is 0.804 bits per heavy atom. The normalized spacial score (nSPS) is 14.4. The molecule has 2 aliphatic rings. The van der Waals surface area contributed by atoms with Gasteiger partial charge in [0.05, 0.1) is 5.69 Å². The van der Waals surface area contributed by atoms with E-state index in [0.717, 1.165) is 50.1 Å². The van der Waals surface area contributed by atoms with Gasteiger partial charge in [0.25, 0.3) is 0 Å². The minimum Gasteiger partial charge on any atom is -0.456 e. The number of hydrogen-bond donors (Lipinski definition) is 0. The lowest BCUT2D eigenvalue weighted by atomic mass is 9.82. The van der Waals surface area contributed by atoms with Crippen molar-refractivity contribution in [3.63, 3.8) is 0 Å². The molecule has 2 aliphatic carbocycles. The van der Waals surface area contributed by atoms with Crippen LogP contribution in [0.3, 0.4) is 0 Å². The fourth-order valence-corrected chi connectivity index (χ4v) is 9.94. The third kappa shape index (κ3) is 4.62. The average molecular weight is 720 g/mol. The molecule has 268 valence electrons. The second-order valence-electron chi connectivity index (χ2n) is 16.5. The summed E-state index contributed by atoms with van der Waals surface area (Å²) in [5, 5.41) is 2.27. The minimum atomic E-state index is -0.135. The van der Waals surface area contributed by atoms with Crippen LogP contribution in [0.1, 0.15) is 49.9 Å². The molecule has 0 saturated carbocycles. The van der Waals surface area contributed by atoms with E-state index in [-0.39, 0.29) is 10.8 Å². The van der Waals surface area contributed by atoms with E-state index in [2.05, 4.69) is 209 Å². The first-order valence-electron chi connectivity index (χ1n) is 19.7. The maximum absolute atomic E-state index is 6.64. The first kappa shape index (κ1) is 32.8. The summed E-state index contributed by atoms with van der Waals surface area (Å²) < 4.78 is 6.64. The second kappa shape index (κ2) is 11.9. The van der Waals surface area contributed by atoms with Gasteiger partial charge in [0, 0.05) is 38.5 Å². The molecular formula is C54H41NO. The van der Waals surface area contributed by atoms with Gasteiger partial charge in [-0.25, -0.2) is 0 Å². The van der Waals surface area contributed by atoms with Crippen molar-refractivity contribution in [3.05, 3.63) is 198 Å². The van der Waals surface area contributed by atoms with Gasteiger partial charge < -0.3 is 9.32 Å². The van der Waals surface area contributed by atoms with Gasteiger partial charge in [-0.05, 0) is 104 Å². The molecule has 9 aromatic rings. The van der Waals surface area contributed by atoms with Crippen LogP contribution in [-0.4, -0.2) is 0 Å². The van der Waals surface area contributed by atoms with Gasteiger partial charge in [-0.3, -0.25) is 0 Å². The predicted molar refractivity (Wildman–Crippen MR) is 234 cm³/mol. The van der Waals surface area contributed by atoms with Crippen molar-refractivity contribution in [3.8, 4) is 44.5 Å². The van der Waals surface area contributed by atoms with Crippen molar-refractivity contribution < 1.29 is 4.42 Å². The maximum atomic E-state index is 6.64. The number of anilines is 3. The van der Waals surface area contributed by atoms with Crippen LogP contribution < -0.4 is 4.90 Å². The first-order chi connectivity index (χ1) is 27.3. The van der Waals surface area contributed by atoms with Crippen LogP contribution in [0.15, 0.2) is 180 Å². The lowest BCUT2D eigenvalue weighted by Crippen LogP contribution is -2.18. The highest BCUT2D eigenvalue weighted by atomic mass is 16.3. The van der Waals surface area contributed by atoms with Crippen molar-refractivity contribution in [1.82, 2.24) is 0 Å². The maximum Gasteiger partial charge on any atom is 0.136 e. The molecule has 8 aromatic carbocycles. The average Bonchev–Trinajstić information content (AvgIpc) is 3.81. The van der Waals surface area contributed by atoms with Crippen LogP contribution in [0.2, 0.25) is 0 Å². The molecule has 0 saturated heterocycles. The number of fused-ring (bicyclic) bond motifs is 9. The zero-order valence-electron chi connectivity index (χ0n) is 32.1. The SMILES string of the molecule is CC1(C)c2ccccc2-c2ccc(N(c3ccc4c(c3)C(C)(C)c3ccccc3-4)c3ccccc3-c3cccc4oc5cccc(-c6ccccc6)c5c34)cc21. The zero-order chi connectivity index (χ0) is 37.8. The Hall–Kier alpha value is -6.64. The Balaban J connectivity index is 1.17. The second-order valence-corrected chi connectivity index (χ2v) is 16.5. The van der Waals surface area contributed by atoms with Crippen LogP contribution in [-0.2, 0) is 10.8 Å². The largest absolute Gasteiger partial charge is 0.456 e. The van der Waals surface area contributed by atoms with Crippen LogP contribution in [0, 0.1) is 0 Å². The molecule has 2 heteroatoms. The lowest BCUT2D eigenvalue weighted by Gasteiger charge is -2.31. The summed E-state index contributed by atoms with van der Waals surface area (Å²) in [5.74, 6) is 0. The molecule has 0 unspecified atom stereocenters. The van der Waals surface area contributed by atoms with Gasteiger partial charge in [0.2, 0.25) is 0 Å². The summed E-state index contributed by atoms with van der Waals surface area (Å²) in [7, 11) is 0. The molecule has 2 nitrogen and oxygen atoms in total. The molecule has 0 aliphatic heterocycles. The highest BCUT2D eigenvalue weighted by Gasteiger charge is 2.38. The van der Waals surface area contributed by atoms with Crippen LogP contribution >= 0.6 is 0 Å². The van der Waals surface area contributed by atoms with Gasteiger partial charge in [0.15, 0.2) is 0 Å². The number of nitrogens with zero attached hydrogens (tertiary/aromatic N) is 1. The molecule has 0 radical (unpaired) electrons. The zero-order valence-corrected chi connectivity index (χ0v) is 32.1. The number of benzene rings is 8.